The Morgan fingerprint density at radius 1 is 1.20 bits per heavy atom. The van der Waals surface area contributed by atoms with Gasteiger partial charge in [-0.05, 0) is 55.7 Å². The van der Waals surface area contributed by atoms with E-state index in [1.165, 1.54) is 3.97 Å². The van der Waals surface area contributed by atoms with Gasteiger partial charge in [-0.15, -0.1) is 0 Å². The minimum absolute atomic E-state index is 0.0623. The van der Waals surface area contributed by atoms with Gasteiger partial charge in [-0.1, -0.05) is 36.2 Å². The number of fused-ring (bicyclic) bond motifs is 1. The molecule has 1 saturated carbocycles. The number of nitrogens with zero attached hydrogens (tertiary/aromatic N) is 1. The SMILES string of the molecule is Cc1ccc(S(=O)(=O)n2c(CNC(=O)C3(C)CC3)cc3cc(Cl)c(CN)cc32)cc1. The molecule has 30 heavy (non-hydrogen) atoms. The lowest BCUT2D eigenvalue weighted by Crippen LogP contribution is -2.31. The van der Waals surface area contributed by atoms with Crippen molar-refractivity contribution >= 4 is 38.4 Å². The molecule has 8 heteroatoms. The second-order valence-corrected chi connectivity index (χ2v) is 10.4. The molecule has 1 aliphatic carbocycles. The Balaban J connectivity index is 1.85. The Kier molecular flexibility index (Phi) is 5.16. The zero-order chi connectivity index (χ0) is 21.7. The van der Waals surface area contributed by atoms with Gasteiger partial charge >= 0.3 is 0 Å². The average Bonchev–Trinajstić information content (AvgIpc) is 3.35. The number of amides is 1. The van der Waals surface area contributed by atoms with E-state index in [9.17, 15) is 13.2 Å². The minimum Gasteiger partial charge on any atom is -0.350 e. The molecule has 1 aliphatic rings. The molecule has 0 saturated heterocycles. The molecule has 0 bridgehead atoms. The van der Waals surface area contributed by atoms with Crippen LogP contribution in [-0.4, -0.2) is 18.3 Å². The second kappa shape index (κ2) is 7.41. The average molecular weight is 446 g/mol. The van der Waals surface area contributed by atoms with Crippen molar-refractivity contribution < 1.29 is 13.2 Å². The van der Waals surface area contributed by atoms with Crippen LogP contribution in [0.3, 0.4) is 0 Å². The Morgan fingerprint density at radius 2 is 1.87 bits per heavy atom. The first-order valence-corrected chi connectivity index (χ1v) is 11.6. The first-order chi connectivity index (χ1) is 14.2. The molecular weight excluding hydrogens is 422 g/mol. The minimum atomic E-state index is -3.89. The number of nitrogens with one attached hydrogen (secondary N) is 1. The van der Waals surface area contributed by atoms with E-state index in [-0.39, 0.29) is 29.3 Å². The topological polar surface area (TPSA) is 94.2 Å². The van der Waals surface area contributed by atoms with Crippen molar-refractivity contribution in [2.45, 2.75) is 44.7 Å². The summed E-state index contributed by atoms with van der Waals surface area (Å²) in [6.45, 7) is 4.10. The summed E-state index contributed by atoms with van der Waals surface area (Å²) in [4.78, 5) is 12.6. The van der Waals surface area contributed by atoms with Crippen LogP contribution in [-0.2, 0) is 27.9 Å². The van der Waals surface area contributed by atoms with Crippen LogP contribution < -0.4 is 11.1 Å². The van der Waals surface area contributed by atoms with Crippen LogP contribution in [0.5, 0.6) is 0 Å². The first-order valence-electron chi connectivity index (χ1n) is 9.79. The highest BCUT2D eigenvalue weighted by Crippen LogP contribution is 2.45. The summed E-state index contributed by atoms with van der Waals surface area (Å²) in [5, 5.41) is 4.05. The van der Waals surface area contributed by atoms with E-state index >= 15 is 0 Å². The quantitative estimate of drug-likeness (QED) is 0.604. The van der Waals surface area contributed by atoms with E-state index in [1.54, 1.807) is 42.5 Å². The maximum absolute atomic E-state index is 13.6. The van der Waals surface area contributed by atoms with Crippen molar-refractivity contribution in [3.05, 3.63) is 64.3 Å². The van der Waals surface area contributed by atoms with Crippen LogP contribution in [0.15, 0.2) is 47.4 Å². The Morgan fingerprint density at radius 3 is 2.47 bits per heavy atom. The largest absolute Gasteiger partial charge is 0.350 e. The number of hydrogen-bond acceptors (Lipinski definition) is 4. The lowest BCUT2D eigenvalue weighted by atomic mass is 10.1. The van der Waals surface area contributed by atoms with E-state index < -0.39 is 10.0 Å². The molecule has 3 aromatic rings. The molecule has 4 rings (SSSR count). The van der Waals surface area contributed by atoms with E-state index in [1.807, 2.05) is 13.8 Å². The first kappa shape index (κ1) is 20.9. The molecule has 0 spiro atoms. The number of aromatic nitrogens is 1. The van der Waals surface area contributed by atoms with Crippen molar-refractivity contribution in [1.29, 1.82) is 0 Å². The fourth-order valence-corrected chi connectivity index (χ4v) is 5.27. The zero-order valence-electron chi connectivity index (χ0n) is 16.9. The third kappa shape index (κ3) is 3.62. The van der Waals surface area contributed by atoms with Crippen LogP contribution in [0.2, 0.25) is 5.02 Å². The Bertz CT molecular complexity index is 1240. The predicted octanol–water partition coefficient (Wildman–Crippen LogP) is 3.72. The third-order valence-electron chi connectivity index (χ3n) is 5.75. The van der Waals surface area contributed by atoms with Gasteiger partial charge in [0.1, 0.15) is 0 Å². The molecular formula is C22H24ClN3O3S. The van der Waals surface area contributed by atoms with Gasteiger partial charge in [-0.3, -0.25) is 4.79 Å². The highest BCUT2D eigenvalue weighted by Gasteiger charge is 2.44. The van der Waals surface area contributed by atoms with Gasteiger partial charge in [0.25, 0.3) is 10.0 Å². The van der Waals surface area contributed by atoms with Gasteiger partial charge < -0.3 is 11.1 Å². The Hall–Kier alpha value is -2.35. The highest BCUT2D eigenvalue weighted by atomic mass is 35.5. The van der Waals surface area contributed by atoms with Gasteiger partial charge in [-0.25, -0.2) is 12.4 Å². The molecule has 158 valence electrons. The lowest BCUT2D eigenvalue weighted by molar-refractivity contribution is -0.125. The third-order valence-corrected chi connectivity index (χ3v) is 7.89. The van der Waals surface area contributed by atoms with Crippen molar-refractivity contribution in [2.24, 2.45) is 11.1 Å². The van der Waals surface area contributed by atoms with Crippen LogP contribution in [0.1, 0.15) is 36.6 Å². The number of halogens is 1. The van der Waals surface area contributed by atoms with Crippen LogP contribution in [0, 0.1) is 12.3 Å². The maximum atomic E-state index is 13.6. The van der Waals surface area contributed by atoms with Crippen molar-refractivity contribution in [1.82, 2.24) is 9.29 Å². The smallest absolute Gasteiger partial charge is 0.268 e. The van der Waals surface area contributed by atoms with Gasteiger partial charge in [0.2, 0.25) is 5.91 Å². The van der Waals surface area contributed by atoms with Gasteiger partial charge in [0.15, 0.2) is 0 Å². The number of carbonyl (C=O) groups is 1. The summed E-state index contributed by atoms with van der Waals surface area (Å²) in [5.41, 5.74) is 8.02. The van der Waals surface area contributed by atoms with E-state index in [4.69, 9.17) is 17.3 Å². The number of rotatable bonds is 6. The van der Waals surface area contributed by atoms with E-state index in [0.29, 0.717) is 27.2 Å². The molecule has 0 radical (unpaired) electrons. The van der Waals surface area contributed by atoms with Gasteiger partial charge in [-0.2, -0.15) is 0 Å². The molecule has 1 heterocycles. The van der Waals surface area contributed by atoms with Crippen molar-refractivity contribution in [3.63, 3.8) is 0 Å². The Labute approximate surface area is 181 Å². The standard InChI is InChI=1S/C22H24ClN3O3S/c1-14-3-5-18(6-4-14)30(28,29)26-17(13-25-21(27)22(2)7-8-22)9-15-10-19(23)16(12-24)11-20(15)26/h3-6,9-11H,7-8,12-13,24H2,1-2H3,(H,25,27). The molecule has 6 nitrogen and oxygen atoms in total. The maximum Gasteiger partial charge on any atom is 0.268 e. The molecule has 0 atom stereocenters. The lowest BCUT2D eigenvalue weighted by Gasteiger charge is -2.15. The molecule has 1 amide bonds. The van der Waals surface area contributed by atoms with Crippen LogP contribution in [0.4, 0.5) is 0 Å². The number of benzene rings is 2. The monoisotopic (exact) mass is 445 g/mol. The summed E-state index contributed by atoms with van der Waals surface area (Å²) in [6, 6.07) is 11.9. The summed E-state index contributed by atoms with van der Waals surface area (Å²) in [6.07, 6.45) is 1.69. The summed E-state index contributed by atoms with van der Waals surface area (Å²) in [5.74, 6) is -0.0623. The summed E-state index contributed by atoms with van der Waals surface area (Å²) >= 11 is 6.30. The van der Waals surface area contributed by atoms with Gasteiger partial charge in [0.05, 0.1) is 22.7 Å². The molecule has 1 fully saturated rings. The molecule has 0 aliphatic heterocycles. The number of nitrogens with two attached hydrogens (primary N) is 1. The number of hydrogen-bond donors (Lipinski definition) is 2. The zero-order valence-corrected chi connectivity index (χ0v) is 18.5. The normalized spacial score (nSPS) is 15.3. The molecule has 2 aromatic carbocycles. The predicted molar refractivity (Wildman–Crippen MR) is 118 cm³/mol. The molecule has 1 aromatic heterocycles. The van der Waals surface area contributed by atoms with Gasteiger partial charge in [0, 0.05) is 22.4 Å². The molecule has 3 N–H and O–H groups in total. The van der Waals surface area contributed by atoms with Crippen molar-refractivity contribution in [3.8, 4) is 0 Å². The summed E-state index contributed by atoms with van der Waals surface area (Å²) in [7, 11) is -3.89. The highest BCUT2D eigenvalue weighted by molar-refractivity contribution is 7.90. The molecule has 0 unspecified atom stereocenters. The fraction of sp³-hybridized carbons (Fsp3) is 0.318. The number of carbonyl (C=O) groups excluding carboxylic acids is 1. The van der Waals surface area contributed by atoms with Crippen LogP contribution >= 0.6 is 11.6 Å². The van der Waals surface area contributed by atoms with Crippen LogP contribution in [0.25, 0.3) is 10.9 Å². The number of aryl methyl sites for hydroxylation is 1. The fourth-order valence-electron chi connectivity index (χ4n) is 3.48. The summed E-state index contributed by atoms with van der Waals surface area (Å²) < 4.78 is 28.4. The van der Waals surface area contributed by atoms with Crippen molar-refractivity contribution in [2.75, 3.05) is 0 Å². The van der Waals surface area contributed by atoms with E-state index in [2.05, 4.69) is 5.32 Å². The van der Waals surface area contributed by atoms with E-state index in [0.717, 1.165) is 18.4 Å². The second-order valence-electron chi connectivity index (χ2n) is 8.17.